The van der Waals surface area contributed by atoms with E-state index >= 15 is 0 Å². The summed E-state index contributed by atoms with van der Waals surface area (Å²) in [7, 11) is 0. The zero-order valence-corrected chi connectivity index (χ0v) is 7.45. The molecular weight excluding hydrogens is 190 g/mol. The van der Waals surface area contributed by atoms with Crippen molar-refractivity contribution in [3.63, 3.8) is 0 Å². The lowest BCUT2D eigenvalue weighted by atomic mass is 10.3. The highest BCUT2D eigenvalue weighted by atomic mass is 32.2. The summed E-state index contributed by atoms with van der Waals surface area (Å²) in [6, 6.07) is 5.30. The molecule has 1 aromatic carbocycles. The summed E-state index contributed by atoms with van der Waals surface area (Å²) in [6.07, 6.45) is 0. The second kappa shape index (κ2) is 2.81. The number of benzene rings is 1. The molecule has 0 bridgehead atoms. The van der Waals surface area contributed by atoms with Gasteiger partial charge in [-0.1, -0.05) is 22.8 Å². The smallest absolute Gasteiger partial charge is 0.166 e. The highest BCUT2D eigenvalue weighted by molar-refractivity contribution is 7.99. The molecular formula is C7H7N3O2S. The molecule has 6 heteroatoms. The van der Waals surface area contributed by atoms with Crippen LogP contribution in [0, 0.1) is 10.1 Å². The van der Waals surface area contributed by atoms with Crippen LogP contribution in [0.3, 0.4) is 0 Å². The van der Waals surface area contributed by atoms with Gasteiger partial charge in [0.15, 0.2) is 5.03 Å². The Morgan fingerprint density at radius 2 is 2.38 bits per heavy atom. The number of rotatable bonds is 1. The van der Waals surface area contributed by atoms with Crippen LogP contribution in [0.2, 0.25) is 0 Å². The number of hydrogen-bond donors (Lipinski definition) is 1. The maximum absolute atomic E-state index is 10.6. The van der Waals surface area contributed by atoms with Crippen molar-refractivity contribution in [1.29, 1.82) is 0 Å². The third-order valence-corrected chi connectivity index (χ3v) is 2.84. The summed E-state index contributed by atoms with van der Waals surface area (Å²) < 4.78 is 0. The van der Waals surface area contributed by atoms with Crippen molar-refractivity contribution in [3.05, 3.63) is 28.3 Å². The first-order valence-electron chi connectivity index (χ1n) is 3.63. The molecule has 1 heterocycles. The Hall–Kier alpha value is -1.43. The Labute approximate surface area is 78.6 Å². The molecule has 0 radical (unpaired) electrons. The highest BCUT2D eigenvalue weighted by Gasteiger charge is 2.29. The number of anilines is 2. The van der Waals surface area contributed by atoms with E-state index in [1.807, 2.05) is 6.07 Å². The SMILES string of the molecule is Nc1cccc2c1N([N+](=O)[O-])CS2. The van der Waals surface area contributed by atoms with Gasteiger partial charge in [-0.25, -0.2) is 10.1 Å². The van der Waals surface area contributed by atoms with Gasteiger partial charge in [0.05, 0.1) is 5.69 Å². The molecule has 0 spiro atoms. The van der Waals surface area contributed by atoms with Crippen LogP contribution in [-0.4, -0.2) is 10.9 Å². The van der Waals surface area contributed by atoms with Gasteiger partial charge in [0.1, 0.15) is 11.6 Å². The lowest BCUT2D eigenvalue weighted by Gasteiger charge is -2.08. The second-order valence-corrected chi connectivity index (χ2v) is 3.59. The molecule has 1 aliphatic heterocycles. The van der Waals surface area contributed by atoms with Crippen LogP contribution < -0.4 is 10.7 Å². The lowest BCUT2D eigenvalue weighted by molar-refractivity contribution is -0.491. The predicted molar refractivity (Wildman–Crippen MR) is 51.1 cm³/mol. The van der Waals surface area contributed by atoms with Gasteiger partial charge in [0, 0.05) is 4.90 Å². The summed E-state index contributed by atoms with van der Waals surface area (Å²) in [5.41, 5.74) is 6.62. The normalized spacial score (nSPS) is 14.3. The number of nitrogen functional groups attached to an aromatic ring is 1. The molecule has 0 unspecified atom stereocenters. The zero-order chi connectivity index (χ0) is 9.42. The van der Waals surface area contributed by atoms with Crippen LogP contribution in [0.1, 0.15) is 0 Å². The summed E-state index contributed by atoms with van der Waals surface area (Å²) in [5, 5.41) is 11.2. The molecule has 2 N–H and O–H groups in total. The van der Waals surface area contributed by atoms with Crippen LogP contribution in [0.5, 0.6) is 0 Å². The Balaban J connectivity index is 2.52. The average Bonchev–Trinajstić information content (AvgIpc) is 2.49. The first-order valence-corrected chi connectivity index (χ1v) is 4.62. The molecule has 5 nitrogen and oxygen atoms in total. The maximum atomic E-state index is 10.6. The van der Waals surface area contributed by atoms with Crippen LogP contribution in [0.15, 0.2) is 23.1 Å². The van der Waals surface area contributed by atoms with E-state index in [1.54, 1.807) is 12.1 Å². The summed E-state index contributed by atoms with van der Waals surface area (Å²) in [4.78, 5) is 11.5. The van der Waals surface area contributed by atoms with E-state index in [0.29, 0.717) is 17.3 Å². The highest BCUT2D eigenvalue weighted by Crippen LogP contribution is 2.41. The number of fused-ring (bicyclic) bond motifs is 1. The van der Waals surface area contributed by atoms with Gasteiger partial charge in [0.2, 0.25) is 0 Å². The van der Waals surface area contributed by atoms with Gasteiger partial charge in [-0.15, -0.1) is 0 Å². The molecule has 2 rings (SSSR count). The van der Waals surface area contributed by atoms with Crippen molar-refractivity contribution in [2.24, 2.45) is 0 Å². The second-order valence-electron chi connectivity index (χ2n) is 2.60. The van der Waals surface area contributed by atoms with E-state index in [2.05, 4.69) is 0 Å². The van der Waals surface area contributed by atoms with Gasteiger partial charge in [-0.2, -0.15) is 0 Å². The Morgan fingerprint density at radius 1 is 1.62 bits per heavy atom. The molecule has 68 valence electrons. The molecule has 0 atom stereocenters. The number of nitrogens with zero attached hydrogens (tertiary/aromatic N) is 2. The van der Waals surface area contributed by atoms with Crippen LogP contribution in [0.25, 0.3) is 0 Å². The van der Waals surface area contributed by atoms with Gasteiger partial charge in [-0.05, 0) is 12.1 Å². The number of hydrogen-bond acceptors (Lipinski definition) is 4. The van der Waals surface area contributed by atoms with E-state index in [1.165, 1.54) is 11.8 Å². The van der Waals surface area contributed by atoms with E-state index in [4.69, 9.17) is 5.73 Å². The number of para-hydroxylation sites is 1. The molecule has 0 aliphatic carbocycles. The predicted octanol–water partition coefficient (Wildman–Crippen LogP) is 1.33. The fraction of sp³-hybridized carbons (Fsp3) is 0.143. The Kier molecular flexibility index (Phi) is 1.77. The van der Waals surface area contributed by atoms with Crippen molar-refractivity contribution in [1.82, 2.24) is 0 Å². The van der Waals surface area contributed by atoms with Crippen molar-refractivity contribution < 1.29 is 5.03 Å². The fourth-order valence-corrected chi connectivity index (χ4v) is 2.28. The molecule has 1 aliphatic rings. The maximum Gasteiger partial charge on any atom is 0.166 e. The van der Waals surface area contributed by atoms with Crippen molar-refractivity contribution >= 4 is 23.1 Å². The van der Waals surface area contributed by atoms with E-state index in [0.717, 1.165) is 9.90 Å². The Bertz CT molecular complexity index is 369. The standard InChI is InChI=1S/C7H7N3O2S/c8-5-2-1-3-6-7(5)9(4-13-6)10(11)12/h1-3H,4,8H2. The van der Waals surface area contributed by atoms with Crippen LogP contribution in [0.4, 0.5) is 11.4 Å². The van der Waals surface area contributed by atoms with Crippen LogP contribution >= 0.6 is 11.8 Å². The molecule has 1 aromatic rings. The molecule has 13 heavy (non-hydrogen) atoms. The van der Waals surface area contributed by atoms with E-state index < -0.39 is 5.03 Å². The summed E-state index contributed by atoms with van der Waals surface area (Å²) >= 11 is 1.42. The molecule has 0 saturated heterocycles. The molecule has 0 aromatic heterocycles. The van der Waals surface area contributed by atoms with E-state index in [-0.39, 0.29) is 0 Å². The molecule has 0 amide bonds. The van der Waals surface area contributed by atoms with Crippen LogP contribution in [-0.2, 0) is 0 Å². The monoisotopic (exact) mass is 197 g/mol. The van der Waals surface area contributed by atoms with Crippen molar-refractivity contribution in [3.8, 4) is 0 Å². The third-order valence-electron chi connectivity index (χ3n) is 1.83. The summed E-state index contributed by atoms with van der Waals surface area (Å²) in [6.45, 7) is 0. The minimum absolute atomic E-state index is 0.330. The van der Waals surface area contributed by atoms with E-state index in [9.17, 15) is 10.1 Å². The topological polar surface area (TPSA) is 72.4 Å². The van der Waals surface area contributed by atoms with Gasteiger partial charge < -0.3 is 5.73 Å². The lowest BCUT2D eigenvalue weighted by Crippen LogP contribution is -2.26. The average molecular weight is 197 g/mol. The van der Waals surface area contributed by atoms with Gasteiger partial charge in [0.25, 0.3) is 0 Å². The zero-order valence-electron chi connectivity index (χ0n) is 6.64. The van der Waals surface area contributed by atoms with Crippen molar-refractivity contribution in [2.75, 3.05) is 16.6 Å². The Morgan fingerprint density at radius 3 is 3.08 bits per heavy atom. The number of thioether (sulfide) groups is 1. The summed E-state index contributed by atoms with van der Waals surface area (Å²) in [5.74, 6) is 0.330. The molecule has 0 saturated carbocycles. The molecule has 0 fully saturated rings. The number of nitrogens with two attached hydrogens (primary N) is 1. The minimum Gasteiger partial charge on any atom is -0.397 e. The number of nitro groups is 1. The minimum atomic E-state index is -0.435. The quantitative estimate of drug-likeness (QED) is 0.417. The third kappa shape index (κ3) is 1.19. The fourth-order valence-electron chi connectivity index (χ4n) is 1.26. The first kappa shape index (κ1) is 8.18. The largest absolute Gasteiger partial charge is 0.397 e. The van der Waals surface area contributed by atoms with Gasteiger partial charge >= 0.3 is 0 Å². The number of hydrazine groups is 1. The van der Waals surface area contributed by atoms with Crippen molar-refractivity contribution in [2.45, 2.75) is 4.90 Å². The first-order chi connectivity index (χ1) is 6.20. The van der Waals surface area contributed by atoms with Gasteiger partial charge in [-0.3, -0.25) is 0 Å².